The van der Waals surface area contributed by atoms with E-state index in [-0.39, 0.29) is 30.2 Å². The molecule has 10 heteroatoms. The molecular formula is C31H45Cl2N3O5. The third kappa shape index (κ3) is 13.0. The summed E-state index contributed by atoms with van der Waals surface area (Å²) in [6, 6.07) is 10.4. The lowest BCUT2D eigenvalue weighted by atomic mass is 9.97. The first-order valence-electron chi connectivity index (χ1n) is 14.2. The third-order valence-electron chi connectivity index (χ3n) is 6.85. The Morgan fingerprint density at radius 1 is 1.02 bits per heavy atom. The second-order valence-electron chi connectivity index (χ2n) is 10.4. The van der Waals surface area contributed by atoms with Crippen LogP contribution in [0.2, 0.25) is 10.0 Å². The fraction of sp³-hybridized carbons (Fsp3) is 0.548. The maximum atomic E-state index is 12.9. The Balaban J connectivity index is 1.72. The Hall–Kier alpha value is -2.36. The van der Waals surface area contributed by atoms with Crippen LogP contribution in [0.4, 0.5) is 0 Å². The lowest BCUT2D eigenvalue weighted by Crippen LogP contribution is -2.50. The molecule has 0 aliphatic rings. The van der Waals surface area contributed by atoms with Gasteiger partial charge in [-0.3, -0.25) is 9.59 Å². The smallest absolute Gasteiger partial charge is 0.243 e. The van der Waals surface area contributed by atoms with Crippen molar-refractivity contribution >= 4 is 35.0 Å². The number of nitrogens with two attached hydrogens (primary N) is 1. The quantitative estimate of drug-likeness (QED) is 0.179. The lowest BCUT2D eigenvalue weighted by molar-refractivity contribution is -0.130. The molecule has 0 fully saturated rings. The minimum Gasteiger partial charge on any atom is -0.493 e. The van der Waals surface area contributed by atoms with E-state index in [1.54, 1.807) is 25.3 Å². The molecule has 2 rings (SSSR count). The van der Waals surface area contributed by atoms with E-state index in [9.17, 15) is 9.59 Å². The number of benzene rings is 2. The summed E-state index contributed by atoms with van der Waals surface area (Å²) < 4.78 is 16.7. The number of halogens is 2. The number of rotatable bonds is 19. The Morgan fingerprint density at radius 3 is 2.49 bits per heavy atom. The van der Waals surface area contributed by atoms with E-state index < -0.39 is 6.04 Å². The van der Waals surface area contributed by atoms with Gasteiger partial charge in [0, 0.05) is 39.1 Å². The van der Waals surface area contributed by atoms with Gasteiger partial charge in [0.25, 0.3) is 0 Å². The largest absolute Gasteiger partial charge is 0.493 e. The molecule has 4 N–H and O–H groups in total. The molecule has 3 atom stereocenters. The SMILES string of the molecule is CCC(C)C(NC(=O)CCCC(N)COCc1ccc(C)c(OCCCOC)c1)C(=O)NCc1ccc(Cl)c(Cl)c1. The highest BCUT2D eigenvalue weighted by Gasteiger charge is 2.25. The van der Waals surface area contributed by atoms with Crippen molar-refractivity contribution in [2.24, 2.45) is 11.7 Å². The molecule has 0 aliphatic carbocycles. The number of aryl methyl sites for hydroxylation is 1. The van der Waals surface area contributed by atoms with E-state index in [0.717, 1.165) is 35.3 Å². The molecule has 0 heterocycles. The summed E-state index contributed by atoms with van der Waals surface area (Å²) >= 11 is 12.0. The summed E-state index contributed by atoms with van der Waals surface area (Å²) in [7, 11) is 1.68. The summed E-state index contributed by atoms with van der Waals surface area (Å²) in [6.07, 6.45) is 3.08. The number of ether oxygens (including phenoxy) is 3. The molecule has 41 heavy (non-hydrogen) atoms. The number of nitrogens with one attached hydrogen (secondary N) is 2. The van der Waals surface area contributed by atoms with E-state index in [4.69, 9.17) is 43.1 Å². The lowest BCUT2D eigenvalue weighted by Gasteiger charge is -2.24. The van der Waals surface area contributed by atoms with Crippen molar-refractivity contribution in [3.63, 3.8) is 0 Å². The highest BCUT2D eigenvalue weighted by atomic mass is 35.5. The normalized spacial score (nSPS) is 13.3. The van der Waals surface area contributed by atoms with Crippen molar-refractivity contribution < 1.29 is 23.8 Å². The zero-order valence-electron chi connectivity index (χ0n) is 24.6. The molecule has 8 nitrogen and oxygen atoms in total. The standard InChI is InChI=1S/C31H45Cl2N3O5/c1-5-21(2)30(31(38)35-18-23-12-13-26(32)27(33)16-23)36-29(37)9-6-8-25(34)20-40-19-24-11-10-22(3)28(17-24)41-15-7-14-39-4/h10-13,16-17,21,25,30H,5-9,14-15,18-20,34H2,1-4H3,(H,35,38)(H,36,37). The number of hydrogen-bond acceptors (Lipinski definition) is 6. The first kappa shape index (κ1) is 34.8. The maximum Gasteiger partial charge on any atom is 0.243 e. The van der Waals surface area contributed by atoms with Crippen LogP contribution in [0.3, 0.4) is 0 Å². The van der Waals surface area contributed by atoms with Crippen LogP contribution in [-0.2, 0) is 32.2 Å². The Morgan fingerprint density at radius 2 is 1.78 bits per heavy atom. The van der Waals surface area contributed by atoms with Crippen molar-refractivity contribution in [3.05, 3.63) is 63.1 Å². The van der Waals surface area contributed by atoms with E-state index in [1.807, 2.05) is 39.0 Å². The Kier molecular flexibility index (Phi) is 16.1. The molecule has 0 aromatic heterocycles. The Bertz CT molecular complexity index is 1100. The van der Waals surface area contributed by atoms with Gasteiger partial charge in [-0.2, -0.15) is 0 Å². The number of methoxy groups -OCH3 is 1. The summed E-state index contributed by atoms with van der Waals surface area (Å²) in [5.41, 5.74) is 9.14. The van der Waals surface area contributed by atoms with Crippen LogP contribution in [-0.4, -0.2) is 50.8 Å². The molecule has 2 aromatic rings. The second kappa shape index (κ2) is 18.9. The van der Waals surface area contributed by atoms with Gasteiger partial charge in [0.2, 0.25) is 11.8 Å². The van der Waals surface area contributed by atoms with Crippen LogP contribution >= 0.6 is 23.2 Å². The summed E-state index contributed by atoms with van der Waals surface area (Å²) in [6.45, 7) is 8.30. The molecule has 0 saturated heterocycles. The van der Waals surface area contributed by atoms with Gasteiger partial charge in [0.15, 0.2) is 0 Å². The van der Waals surface area contributed by atoms with Crippen LogP contribution in [0, 0.1) is 12.8 Å². The van der Waals surface area contributed by atoms with Crippen LogP contribution < -0.4 is 21.1 Å². The van der Waals surface area contributed by atoms with Crippen molar-refractivity contribution in [3.8, 4) is 5.75 Å². The van der Waals surface area contributed by atoms with Crippen LogP contribution in [0.1, 0.15) is 62.6 Å². The molecule has 0 bridgehead atoms. The average molecular weight is 611 g/mol. The van der Waals surface area contributed by atoms with Gasteiger partial charge in [0.1, 0.15) is 11.8 Å². The predicted octanol–water partition coefficient (Wildman–Crippen LogP) is 5.58. The van der Waals surface area contributed by atoms with Crippen molar-refractivity contribution in [1.29, 1.82) is 0 Å². The summed E-state index contributed by atoms with van der Waals surface area (Å²) in [4.78, 5) is 25.6. The number of hydrogen-bond donors (Lipinski definition) is 3. The van der Waals surface area contributed by atoms with E-state index in [0.29, 0.717) is 55.9 Å². The number of carbonyl (C=O) groups is 2. The topological polar surface area (TPSA) is 112 Å². The molecule has 2 amide bonds. The summed E-state index contributed by atoms with van der Waals surface area (Å²) in [5, 5.41) is 6.68. The fourth-order valence-electron chi connectivity index (χ4n) is 4.11. The van der Waals surface area contributed by atoms with Gasteiger partial charge < -0.3 is 30.6 Å². The zero-order valence-corrected chi connectivity index (χ0v) is 26.2. The highest BCUT2D eigenvalue weighted by Crippen LogP contribution is 2.23. The van der Waals surface area contributed by atoms with E-state index >= 15 is 0 Å². The molecule has 0 spiro atoms. The monoisotopic (exact) mass is 609 g/mol. The van der Waals surface area contributed by atoms with Crippen molar-refractivity contribution in [2.45, 2.75) is 78.1 Å². The zero-order chi connectivity index (χ0) is 30.2. The van der Waals surface area contributed by atoms with Crippen LogP contribution in [0.15, 0.2) is 36.4 Å². The molecule has 0 radical (unpaired) electrons. The van der Waals surface area contributed by atoms with Crippen molar-refractivity contribution in [2.75, 3.05) is 26.9 Å². The van der Waals surface area contributed by atoms with E-state index in [2.05, 4.69) is 10.6 Å². The molecule has 0 saturated carbocycles. The van der Waals surface area contributed by atoms with Gasteiger partial charge >= 0.3 is 0 Å². The van der Waals surface area contributed by atoms with E-state index in [1.165, 1.54) is 0 Å². The molecular weight excluding hydrogens is 565 g/mol. The molecule has 3 unspecified atom stereocenters. The predicted molar refractivity (Wildman–Crippen MR) is 164 cm³/mol. The maximum absolute atomic E-state index is 12.9. The molecule has 0 aliphatic heterocycles. The van der Waals surface area contributed by atoms with Gasteiger partial charge in [-0.15, -0.1) is 0 Å². The minimum atomic E-state index is -0.629. The van der Waals surface area contributed by atoms with Gasteiger partial charge in [-0.05, 0) is 60.6 Å². The van der Waals surface area contributed by atoms with Gasteiger partial charge in [-0.25, -0.2) is 0 Å². The first-order valence-corrected chi connectivity index (χ1v) is 15.0. The third-order valence-corrected chi connectivity index (χ3v) is 7.58. The van der Waals surface area contributed by atoms with Gasteiger partial charge in [-0.1, -0.05) is 61.7 Å². The number of carbonyl (C=O) groups excluding carboxylic acids is 2. The number of amides is 2. The first-order chi connectivity index (χ1) is 19.6. The van der Waals surface area contributed by atoms with Crippen molar-refractivity contribution in [1.82, 2.24) is 10.6 Å². The fourth-order valence-corrected chi connectivity index (χ4v) is 4.43. The van der Waals surface area contributed by atoms with Crippen LogP contribution in [0.25, 0.3) is 0 Å². The average Bonchev–Trinajstić information content (AvgIpc) is 2.95. The molecule has 2 aromatic carbocycles. The molecule has 228 valence electrons. The second-order valence-corrected chi connectivity index (χ2v) is 11.2. The van der Waals surface area contributed by atoms with Crippen LogP contribution in [0.5, 0.6) is 5.75 Å². The summed E-state index contributed by atoms with van der Waals surface area (Å²) in [5.74, 6) is 0.409. The van der Waals surface area contributed by atoms with Gasteiger partial charge in [0.05, 0.1) is 29.9 Å². The highest BCUT2D eigenvalue weighted by molar-refractivity contribution is 6.42. The minimum absolute atomic E-state index is 0.0264. The Labute approximate surface area is 254 Å².